The normalized spacial score (nSPS) is 11.6. The number of nitrogens with one attached hydrogen (secondary N) is 1. The molecule has 0 spiro atoms. The first-order valence-electron chi connectivity index (χ1n) is 8.82. The van der Waals surface area contributed by atoms with Crippen molar-refractivity contribution in [2.75, 3.05) is 13.7 Å². The number of benzene rings is 1. The number of aliphatic hydroxyl groups excluding tert-OH is 1. The van der Waals surface area contributed by atoms with Crippen molar-refractivity contribution in [3.05, 3.63) is 46.5 Å². The fourth-order valence-electron chi connectivity index (χ4n) is 2.63. The van der Waals surface area contributed by atoms with E-state index < -0.39 is 22.5 Å². The molecule has 0 bridgehead atoms. The molecule has 0 atom stereocenters. The Balaban J connectivity index is 2.20. The number of ether oxygens (including phenoxy) is 1. The average molecular weight is 430 g/mol. The van der Waals surface area contributed by atoms with E-state index in [-0.39, 0.29) is 16.7 Å². The van der Waals surface area contributed by atoms with Crippen LogP contribution in [0.5, 0.6) is 0 Å². The molecular weight excluding hydrogens is 406 g/mol. The summed E-state index contributed by atoms with van der Waals surface area (Å²) in [5.41, 5.74) is 1.36. The van der Waals surface area contributed by atoms with Crippen LogP contribution in [0, 0.1) is 0 Å². The van der Waals surface area contributed by atoms with Gasteiger partial charge in [0.25, 0.3) is 0 Å². The zero-order valence-electron chi connectivity index (χ0n) is 15.8. The number of rotatable bonds is 10. The van der Waals surface area contributed by atoms with Crippen LogP contribution in [0.15, 0.2) is 29.2 Å². The Labute approximate surface area is 169 Å². The van der Waals surface area contributed by atoms with Gasteiger partial charge in [0, 0.05) is 13.0 Å². The Morgan fingerprint density at radius 1 is 1.32 bits per heavy atom. The molecule has 0 aliphatic carbocycles. The zero-order chi connectivity index (χ0) is 20.7. The van der Waals surface area contributed by atoms with E-state index in [2.05, 4.69) is 21.4 Å². The van der Waals surface area contributed by atoms with Crippen LogP contribution < -0.4 is 4.72 Å². The average Bonchev–Trinajstić information content (AvgIpc) is 2.99. The summed E-state index contributed by atoms with van der Waals surface area (Å²) in [6, 6.07) is 6.26. The first kappa shape index (κ1) is 22.4. The highest BCUT2D eigenvalue weighted by Crippen LogP contribution is 2.21. The van der Waals surface area contributed by atoms with Gasteiger partial charge < -0.3 is 14.4 Å². The summed E-state index contributed by atoms with van der Waals surface area (Å²) in [5, 5.41) is 9.90. The molecule has 0 fully saturated rings. The van der Waals surface area contributed by atoms with Crippen LogP contribution >= 0.6 is 11.6 Å². The molecule has 2 aromatic rings. The van der Waals surface area contributed by atoms with Crippen LogP contribution in [-0.2, 0) is 39.1 Å². The standard InChI is InChI=1S/C18H24ClN3O5S/c1-3-4-5-16-21-18(19)15(12-23)22(16)11-13-6-8-14(9-7-13)28(25,26)20-10-17(24)27-2/h6-9,20,23H,3-5,10-12H2,1-2H3. The maximum absolute atomic E-state index is 12.2. The molecule has 2 N–H and O–H groups in total. The van der Waals surface area contributed by atoms with Gasteiger partial charge >= 0.3 is 5.97 Å². The molecule has 0 radical (unpaired) electrons. The molecule has 1 heterocycles. The van der Waals surface area contributed by atoms with E-state index >= 15 is 0 Å². The number of nitrogens with zero attached hydrogens (tertiary/aromatic N) is 2. The minimum Gasteiger partial charge on any atom is -0.468 e. The molecule has 0 aliphatic heterocycles. The van der Waals surface area contributed by atoms with Gasteiger partial charge in [0.05, 0.1) is 24.3 Å². The van der Waals surface area contributed by atoms with Crippen LogP contribution in [0.2, 0.25) is 5.15 Å². The number of aliphatic hydroxyl groups is 1. The number of hydrogen-bond acceptors (Lipinski definition) is 6. The molecule has 154 valence electrons. The van der Waals surface area contributed by atoms with Gasteiger partial charge in [-0.05, 0) is 24.1 Å². The van der Waals surface area contributed by atoms with Crippen molar-refractivity contribution in [3.8, 4) is 0 Å². The topological polar surface area (TPSA) is 111 Å². The highest BCUT2D eigenvalue weighted by molar-refractivity contribution is 7.89. The third kappa shape index (κ3) is 5.54. The third-order valence-corrected chi connectivity index (χ3v) is 5.93. The predicted molar refractivity (Wildman–Crippen MR) is 105 cm³/mol. The van der Waals surface area contributed by atoms with Gasteiger partial charge in [-0.15, -0.1) is 0 Å². The van der Waals surface area contributed by atoms with Crippen LogP contribution in [0.25, 0.3) is 0 Å². The van der Waals surface area contributed by atoms with Crippen LogP contribution in [0.3, 0.4) is 0 Å². The fourth-order valence-corrected chi connectivity index (χ4v) is 3.86. The smallest absolute Gasteiger partial charge is 0.320 e. The lowest BCUT2D eigenvalue weighted by Crippen LogP contribution is -2.30. The molecule has 1 aromatic heterocycles. The number of carbonyl (C=O) groups excluding carboxylic acids is 1. The number of halogens is 1. The Hall–Kier alpha value is -1.94. The molecule has 0 saturated heterocycles. The van der Waals surface area contributed by atoms with Crippen LogP contribution in [-0.4, -0.2) is 42.7 Å². The van der Waals surface area contributed by atoms with E-state index in [1.807, 2.05) is 4.57 Å². The first-order chi connectivity index (χ1) is 13.3. The molecule has 0 aliphatic rings. The van der Waals surface area contributed by atoms with Gasteiger partial charge in [-0.2, -0.15) is 4.72 Å². The van der Waals surface area contributed by atoms with Crippen molar-refractivity contribution in [3.63, 3.8) is 0 Å². The van der Waals surface area contributed by atoms with E-state index in [9.17, 15) is 18.3 Å². The number of carbonyl (C=O) groups is 1. The lowest BCUT2D eigenvalue weighted by Gasteiger charge is -2.12. The molecule has 10 heteroatoms. The largest absolute Gasteiger partial charge is 0.468 e. The van der Waals surface area contributed by atoms with E-state index in [1.165, 1.54) is 19.2 Å². The van der Waals surface area contributed by atoms with Crippen molar-refractivity contribution in [2.24, 2.45) is 0 Å². The maximum atomic E-state index is 12.2. The molecule has 1 aromatic carbocycles. The van der Waals surface area contributed by atoms with Crippen molar-refractivity contribution >= 4 is 27.6 Å². The number of methoxy groups -OCH3 is 1. The van der Waals surface area contributed by atoms with E-state index in [0.717, 1.165) is 30.7 Å². The Kier molecular flexibility index (Phi) is 7.99. The second-order valence-electron chi connectivity index (χ2n) is 6.16. The number of aromatic nitrogens is 2. The highest BCUT2D eigenvalue weighted by Gasteiger charge is 2.17. The monoisotopic (exact) mass is 429 g/mol. The van der Waals surface area contributed by atoms with Crippen molar-refractivity contribution in [1.82, 2.24) is 14.3 Å². The van der Waals surface area contributed by atoms with Gasteiger partial charge in [0.1, 0.15) is 12.4 Å². The summed E-state index contributed by atoms with van der Waals surface area (Å²) in [6.07, 6.45) is 2.69. The van der Waals surface area contributed by atoms with Gasteiger partial charge in [0.15, 0.2) is 5.15 Å². The SMILES string of the molecule is CCCCc1nc(Cl)c(CO)n1Cc1ccc(S(=O)(=O)NCC(=O)OC)cc1. The quantitative estimate of drug-likeness (QED) is 0.558. The van der Waals surface area contributed by atoms with Gasteiger partial charge in [-0.25, -0.2) is 13.4 Å². The van der Waals surface area contributed by atoms with E-state index in [0.29, 0.717) is 12.2 Å². The zero-order valence-corrected chi connectivity index (χ0v) is 17.4. The summed E-state index contributed by atoms with van der Waals surface area (Å²) in [6.45, 7) is 1.82. The Morgan fingerprint density at radius 3 is 2.57 bits per heavy atom. The lowest BCUT2D eigenvalue weighted by atomic mass is 10.2. The first-order valence-corrected chi connectivity index (χ1v) is 10.7. The van der Waals surface area contributed by atoms with Crippen molar-refractivity contribution < 1.29 is 23.1 Å². The maximum Gasteiger partial charge on any atom is 0.320 e. The molecule has 28 heavy (non-hydrogen) atoms. The van der Waals surface area contributed by atoms with E-state index in [1.54, 1.807) is 12.1 Å². The van der Waals surface area contributed by atoms with Gasteiger partial charge in [-0.1, -0.05) is 37.1 Å². The summed E-state index contributed by atoms with van der Waals surface area (Å²) in [5.74, 6) is 0.112. The van der Waals surface area contributed by atoms with Gasteiger partial charge in [0.2, 0.25) is 10.0 Å². The molecule has 0 unspecified atom stereocenters. The van der Waals surface area contributed by atoms with Crippen LogP contribution in [0.4, 0.5) is 0 Å². The highest BCUT2D eigenvalue weighted by atomic mass is 35.5. The number of unbranched alkanes of at least 4 members (excludes halogenated alkanes) is 1. The summed E-state index contributed by atoms with van der Waals surface area (Å²) in [4.78, 5) is 15.5. The van der Waals surface area contributed by atoms with Crippen molar-refractivity contribution in [2.45, 2.75) is 44.2 Å². The fraction of sp³-hybridized carbons (Fsp3) is 0.444. The summed E-state index contributed by atoms with van der Waals surface area (Å²) < 4.78 is 32.9. The molecular formula is C18H24ClN3O5S. The van der Waals surface area contributed by atoms with Crippen molar-refractivity contribution in [1.29, 1.82) is 0 Å². The van der Waals surface area contributed by atoms with Gasteiger partial charge in [-0.3, -0.25) is 4.79 Å². The Morgan fingerprint density at radius 2 is 2.00 bits per heavy atom. The minimum atomic E-state index is -3.82. The molecule has 8 nitrogen and oxygen atoms in total. The summed E-state index contributed by atoms with van der Waals surface area (Å²) in [7, 11) is -2.63. The molecule has 0 amide bonds. The van der Waals surface area contributed by atoms with Crippen LogP contribution in [0.1, 0.15) is 36.8 Å². The Bertz CT molecular complexity index is 910. The summed E-state index contributed by atoms with van der Waals surface area (Å²) >= 11 is 6.14. The van der Waals surface area contributed by atoms with E-state index in [4.69, 9.17) is 11.6 Å². The number of aryl methyl sites for hydroxylation is 1. The molecule has 2 rings (SSSR count). The third-order valence-electron chi connectivity index (χ3n) is 4.21. The second-order valence-corrected chi connectivity index (χ2v) is 8.28. The number of imidazole rings is 1. The number of hydrogen-bond donors (Lipinski definition) is 2. The minimum absolute atomic E-state index is 0.0393. The number of sulfonamides is 1. The molecule has 0 saturated carbocycles. The predicted octanol–water partition coefficient (Wildman–Crippen LogP) is 1.87. The number of esters is 1. The lowest BCUT2D eigenvalue weighted by molar-refractivity contribution is -0.139. The second kappa shape index (κ2) is 10.0.